The molecule has 0 bridgehead atoms. The van der Waals surface area contributed by atoms with Crippen LogP contribution in [0.4, 0.5) is 0 Å². The Morgan fingerprint density at radius 3 is 2.79 bits per heavy atom. The average molecular weight is 213 g/mol. The highest BCUT2D eigenvalue weighted by Gasteiger charge is 2.15. The second kappa shape index (κ2) is 5.10. The van der Waals surface area contributed by atoms with Crippen LogP contribution in [0.3, 0.4) is 0 Å². The van der Waals surface area contributed by atoms with Gasteiger partial charge in [0.25, 0.3) is 0 Å². The molecule has 1 heterocycles. The van der Waals surface area contributed by atoms with Gasteiger partial charge in [-0.15, -0.1) is 11.3 Å². The van der Waals surface area contributed by atoms with Gasteiger partial charge in [-0.3, -0.25) is 0 Å². The predicted octanol–water partition coefficient (Wildman–Crippen LogP) is 3.14. The number of carboxylic acid groups (broad SMARTS) is 1. The van der Waals surface area contributed by atoms with Crippen LogP contribution in [0.5, 0.6) is 0 Å². The van der Waals surface area contributed by atoms with Crippen molar-refractivity contribution in [3.05, 3.63) is 16.1 Å². The summed E-state index contributed by atoms with van der Waals surface area (Å²) in [5.74, 6) is -0.446. The van der Waals surface area contributed by atoms with E-state index in [4.69, 9.17) is 5.11 Å². The molecule has 0 saturated heterocycles. The summed E-state index contributed by atoms with van der Waals surface area (Å²) in [6.07, 6.45) is 4.69. The zero-order chi connectivity index (χ0) is 10.6. The minimum atomic E-state index is -0.875. The zero-order valence-electron chi connectivity index (χ0n) is 8.49. The first-order chi connectivity index (χ1) is 6.69. The normalized spacial score (nSPS) is 12.7. The molecule has 1 aromatic heterocycles. The summed E-state index contributed by atoms with van der Waals surface area (Å²) in [7, 11) is 0. The highest BCUT2D eigenvalue weighted by molar-refractivity contribution is 7.13. The van der Waals surface area contributed by atoms with Crippen molar-refractivity contribution in [1.29, 1.82) is 0 Å². The van der Waals surface area contributed by atoms with Gasteiger partial charge in [0.15, 0.2) is 0 Å². The summed E-state index contributed by atoms with van der Waals surface area (Å²) in [5, 5.41) is 9.72. The SMILES string of the molecule is CCCC(CC)c1ncc(C(=O)O)s1. The van der Waals surface area contributed by atoms with Crippen molar-refractivity contribution < 1.29 is 9.90 Å². The molecule has 4 heteroatoms. The minimum Gasteiger partial charge on any atom is -0.477 e. The largest absolute Gasteiger partial charge is 0.477 e. The van der Waals surface area contributed by atoms with Crippen LogP contribution in [0, 0.1) is 0 Å². The molecular weight excluding hydrogens is 198 g/mol. The maximum atomic E-state index is 10.7. The van der Waals surface area contributed by atoms with Crippen molar-refractivity contribution in [1.82, 2.24) is 4.98 Å². The lowest BCUT2D eigenvalue weighted by molar-refractivity contribution is 0.0702. The first-order valence-corrected chi connectivity index (χ1v) is 5.69. The second-order valence-corrected chi connectivity index (χ2v) is 4.32. The number of rotatable bonds is 5. The fourth-order valence-electron chi connectivity index (χ4n) is 1.43. The van der Waals surface area contributed by atoms with Crippen molar-refractivity contribution in [3.63, 3.8) is 0 Å². The molecule has 0 saturated carbocycles. The van der Waals surface area contributed by atoms with E-state index in [-0.39, 0.29) is 0 Å². The Labute approximate surface area is 87.8 Å². The molecule has 0 aliphatic rings. The van der Waals surface area contributed by atoms with E-state index in [1.807, 2.05) is 0 Å². The third kappa shape index (κ3) is 2.54. The Morgan fingerprint density at radius 1 is 1.64 bits per heavy atom. The van der Waals surface area contributed by atoms with Crippen LogP contribution in [0.25, 0.3) is 0 Å². The van der Waals surface area contributed by atoms with Crippen LogP contribution in [-0.4, -0.2) is 16.1 Å². The van der Waals surface area contributed by atoms with Gasteiger partial charge in [0.05, 0.1) is 11.2 Å². The minimum absolute atomic E-state index is 0.342. The Kier molecular flexibility index (Phi) is 4.07. The number of hydrogen-bond donors (Lipinski definition) is 1. The van der Waals surface area contributed by atoms with Crippen LogP contribution in [0.2, 0.25) is 0 Å². The lowest BCUT2D eigenvalue weighted by Crippen LogP contribution is -1.95. The lowest BCUT2D eigenvalue weighted by Gasteiger charge is -2.08. The topological polar surface area (TPSA) is 50.2 Å². The van der Waals surface area contributed by atoms with Crippen molar-refractivity contribution in [2.24, 2.45) is 0 Å². The Hall–Kier alpha value is -0.900. The molecule has 0 radical (unpaired) electrons. The van der Waals surface area contributed by atoms with Crippen molar-refractivity contribution in [2.45, 2.75) is 39.0 Å². The van der Waals surface area contributed by atoms with Gasteiger partial charge in [-0.1, -0.05) is 20.3 Å². The Morgan fingerprint density at radius 2 is 2.36 bits per heavy atom. The summed E-state index contributed by atoms with van der Waals surface area (Å²) in [4.78, 5) is 15.2. The summed E-state index contributed by atoms with van der Waals surface area (Å²) in [6, 6.07) is 0. The molecule has 14 heavy (non-hydrogen) atoms. The molecule has 0 fully saturated rings. The van der Waals surface area contributed by atoms with E-state index < -0.39 is 5.97 Å². The van der Waals surface area contributed by atoms with E-state index in [2.05, 4.69) is 18.8 Å². The molecule has 0 spiro atoms. The Balaban J connectivity index is 2.78. The monoisotopic (exact) mass is 213 g/mol. The molecule has 0 aliphatic heterocycles. The van der Waals surface area contributed by atoms with E-state index >= 15 is 0 Å². The average Bonchev–Trinajstić information content (AvgIpc) is 2.63. The summed E-state index contributed by atoms with van der Waals surface area (Å²) in [6.45, 7) is 4.25. The highest BCUT2D eigenvalue weighted by Crippen LogP contribution is 2.28. The van der Waals surface area contributed by atoms with Crippen LogP contribution >= 0.6 is 11.3 Å². The van der Waals surface area contributed by atoms with Crippen LogP contribution in [0.15, 0.2) is 6.20 Å². The summed E-state index contributed by atoms with van der Waals surface area (Å²) in [5.41, 5.74) is 0. The molecule has 1 atom stereocenters. The van der Waals surface area contributed by atoms with Crippen molar-refractivity contribution in [2.75, 3.05) is 0 Å². The first kappa shape index (κ1) is 11.2. The predicted molar refractivity (Wildman–Crippen MR) is 57.0 cm³/mol. The van der Waals surface area contributed by atoms with Gasteiger partial charge in [0, 0.05) is 5.92 Å². The molecule has 1 N–H and O–H groups in total. The van der Waals surface area contributed by atoms with E-state index in [9.17, 15) is 4.79 Å². The molecule has 78 valence electrons. The first-order valence-electron chi connectivity index (χ1n) is 4.88. The number of carboxylic acids is 1. The van der Waals surface area contributed by atoms with Crippen molar-refractivity contribution >= 4 is 17.3 Å². The zero-order valence-corrected chi connectivity index (χ0v) is 9.30. The fourth-order valence-corrected chi connectivity index (χ4v) is 2.40. The van der Waals surface area contributed by atoms with E-state index in [1.165, 1.54) is 17.5 Å². The number of carbonyl (C=O) groups is 1. The molecule has 0 aromatic carbocycles. The van der Waals surface area contributed by atoms with E-state index in [0.29, 0.717) is 10.8 Å². The number of nitrogens with zero attached hydrogens (tertiary/aromatic N) is 1. The standard InChI is InChI=1S/C10H15NO2S/c1-3-5-7(4-2)9-11-6-8(14-9)10(12)13/h6-7H,3-5H2,1-2H3,(H,12,13). The van der Waals surface area contributed by atoms with Crippen LogP contribution < -0.4 is 0 Å². The van der Waals surface area contributed by atoms with Gasteiger partial charge >= 0.3 is 5.97 Å². The van der Waals surface area contributed by atoms with Crippen LogP contribution in [0.1, 0.15) is 53.7 Å². The third-order valence-electron chi connectivity index (χ3n) is 2.21. The van der Waals surface area contributed by atoms with Gasteiger partial charge in [-0.25, -0.2) is 9.78 Å². The molecule has 0 amide bonds. The highest BCUT2D eigenvalue weighted by atomic mass is 32.1. The van der Waals surface area contributed by atoms with Crippen LogP contribution in [-0.2, 0) is 0 Å². The molecule has 3 nitrogen and oxygen atoms in total. The maximum absolute atomic E-state index is 10.7. The van der Waals surface area contributed by atoms with Gasteiger partial charge in [-0.2, -0.15) is 0 Å². The Bertz CT molecular complexity index is 309. The number of hydrogen-bond acceptors (Lipinski definition) is 3. The smallest absolute Gasteiger partial charge is 0.347 e. The van der Waals surface area contributed by atoms with Gasteiger partial charge in [0.2, 0.25) is 0 Å². The molecule has 1 unspecified atom stereocenters. The van der Waals surface area contributed by atoms with Gasteiger partial charge in [-0.05, 0) is 12.8 Å². The number of aromatic nitrogens is 1. The molecule has 0 aliphatic carbocycles. The van der Waals surface area contributed by atoms with Gasteiger partial charge < -0.3 is 5.11 Å². The van der Waals surface area contributed by atoms with E-state index in [0.717, 1.165) is 24.3 Å². The lowest BCUT2D eigenvalue weighted by atomic mass is 10.0. The molecule has 1 rings (SSSR count). The second-order valence-electron chi connectivity index (χ2n) is 3.26. The number of aromatic carboxylic acids is 1. The summed E-state index contributed by atoms with van der Waals surface area (Å²) < 4.78 is 0. The van der Waals surface area contributed by atoms with E-state index in [1.54, 1.807) is 0 Å². The third-order valence-corrected chi connectivity index (χ3v) is 3.36. The van der Waals surface area contributed by atoms with Gasteiger partial charge in [0.1, 0.15) is 4.88 Å². The molecule has 1 aromatic rings. The maximum Gasteiger partial charge on any atom is 0.347 e. The van der Waals surface area contributed by atoms with Crippen molar-refractivity contribution in [3.8, 4) is 0 Å². The molecular formula is C10H15NO2S. The number of thiazole rings is 1. The quantitative estimate of drug-likeness (QED) is 0.817. The fraction of sp³-hybridized carbons (Fsp3) is 0.600. The summed E-state index contributed by atoms with van der Waals surface area (Å²) >= 11 is 1.30.